The molecular weight excluding hydrogens is 266 g/mol. The third kappa shape index (κ3) is 2.49. The number of amides is 1. The van der Waals surface area contributed by atoms with Crippen LogP contribution in [0.5, 0.6) is 0 Å². The van der Waals surface area contributed by atoms with Gasteiger partial charge in [-0.25, -0.2) is 17.6 Å². The van der Waals surface area contributed by atoms with Gasteiger partial charge >= 0.3 is 18.3 Å². The molecule has 3 N–H and O–H groups in total. The lowest BCUT2D eigenvalue weighted by Crippen LogP contribution is -2.41. The van der Waals surface area contributed by atoms with Gasteiger partial charge in [0.1, 0.15) is 5.69 Å². The van der Waals surface area contributed by atoms with Crippen LogP contribution >= 0.6 is 0 Å². The third-order valence-corrected chi connectivity index (χ3v) is 1.94. The Bertz CT molecular complexity index is 476. The summed E-state index contributed by atoms with van der Waals surface area (Å²) in [7, 11) is 0. The second-order valence-corrected chi connectivity index (χ2v) is 3.20. The molecule has 0 spiro atoms. The maximum Gasteiger partial charge on any atom is 0.383 e. The summed E-state index contributed by atoms with van der Waals surface area (Å²) >= 11 is 0. The van der Waals surface area contributed by atoms with Crippen LogP contribution in [0.4, 0.5) is 37.7 Å². The number of nitrogens with one attached hydrogen (secondary N) is 1. The summed E-state index contributed by atoms with van der Waals surface area (Å²) in [4.78, 5) is 10.8. The van der Waals surface area contributed by atoms with Gasteiger partial charge in [-0.15, -0.1) is 0 Å². The van der Waals surface area contributed by atoms with Crippen molar-refractivity contribution in [2.75, 3.05) is 11.1 Å². The Kier molecular flexibility index (Phi) is 3.73. The van der Waals surface area contributed by atoms with Crippen LogP contribution in [0.15, 0.2) is 12.1 Å². The first-order valence-corrected chi connectivity index (χ1v) is 4.38. The summed E-state index contributed by atoms with van der Waals surface area (Å²) in [6.45, 7) is 0. The highest BCUT2D eigenvalue weighted by Crippen LogP contribution is 2.29. The van der Waals surface area contributed by atoms with Gasteiger partial charge in [-0.3, -0.25) is 4.79 Å². The minimum atomic E-state index is -5.04. The van der Waals surface area contributed by atoms with Crippen LogP contribution in [0, 0.1) is 11.6 Å². The maximum absolute atomic E-state index is 13.1. The van der Waals surface area contributed by atoms with Crippen LogP contribution < -0.4 is 11.1 Å². The van der Waals surface area contributed by atoms with E-state index in [2.05, 4.69) is 0 Å². The molecule has 0 aliphatic carbocycles. The Balaban J connectivity index is 3.06. The average molecular weight is 272 g/mol. The Labute approximate surface area is 96.6 Å². The number of anilines is 2. The number of rotatable bonds is 3. The number of hydrogen-bond donors (Lipinski definition) is 2. The van der Waals surface area contributed by atoms with Crippen molar-refractivity contribution in [1.82, 2.24) is 0 Å². The minimum absolute atomic E-state index is 0.577. The molecule has 0 unspecified atom stereocenters. The van der Waals surface area contributed by atoms with Crippen LogP contribution in [0.3, 0.4) is 0 Å². The average Bonchev–Trinajstić information content (AvgIpc) is 2.29. The van der Waals surface area contributed by atoms with Crippen molar-refractivity contribution in [3.63, 3.8) is 0 Å². The van der Waals surface area contributed by atoms with E-state index in [0.29, 0.717) is 6.07 Å². The van der Waals surface area contributed by atoms with Crippen LogP contribution in [0.1, 0.15) is 0 Å². The number of alkyl halides is 4. The molecule has 0 fully saturated rings. The molecular formula is C9H6F6N2O. The number of hydrogen-bond acceptors (Lipinski definition) is 2. The smallest absolute Gasteiger partial charge is 0.383 e. The second kappa shape index (κ2) is 4.75. The molecule has 9 heteroatoms. The van der Waals surface area contributed by atoms with E-state index in [1.165, 1.54) is 0 Å². The summed E-state index contributed by atoms with van der Waals surface area (Å²) < 4.78 is 74.7. The Morgan fingerprint density at radius 3 is 2.33 bits per heavy atom. The van der Waals surface area contributed by atoms with E-state index in [1.54, 1.807) is 0 Å². The lowest BCUT2D eigenvalue weighted by Gasteiger charge is -2.16. The normalized spacial score (nSPS) is 11.7. The first-order chi connectivity index (χ1) is 8.17. The van der Waals surface area contributed by atoms with E-state index in [1.807, 2.05) is 0 Å². The Hall–Kier alpha value is -1.93. The highest BCUT2D eigenvalue weighted by atomic mass is 19.3. The van der Waals surface area contributed by atoms with Gasteiger partial charge in [-0.2, -0.15) is 8.78 Å². The highest BCUT2D eigenvalue weighted by Gasteiger charge is 2.49. The zero-order chi connectivity index (χ0) is 14.1. The van der Waals surface area contributed by atoms with E-state index >= 15 is 0 Å². The summed E-state index contributed by atoms with van der Waals surface area (Å²) in [5.74, 6) is -10.7. The maximum atomic E-state index is 13.1. The zero-order valence-corrected chi connectivity index (χ0v) is 8.49. The molecule has 0 aliphatic heterocycles. The van der Waals surface area contributed by atoms with Crippen molar-refractivity contribution < 1.29 is 31.1 Å². The van der Waals surface area contributed by atoms with Crippen molar-refractivity contribution >= 4 is 17.3 Å². The van der Waals surface area contributed by atoms with E-state index in [4.69, 9.17) is 5.73 Å². The van der Waals surface area contributed by atoms with Gasteiger partial charge < -0.3 is 11.1 Å². The molecule has 0 heterocycles. The predicted octanol–water partition coefficient (Wildman–Crippen LogP) is 2.39. The molecule has 1 aromatic rings. The fourth-order valence-corrected chi connectivity index (χ4v) is 0.989. The quantitative estimate of drug-likeness (QED) is 0.655. The molecule has 1 aromatic carbocycles. The molecule has 18 heavy (non-hydrogen) atoms. The zero-order valence-electron chi connectivity index (χ0n) is 8.49. The molecule has 100 valence electrons. The van der Waals surface area contributed by atoms with Gasteiger partial charge in [0.05, 0.1) is 5.69 Å². The monoisotopic (exact) mass is 272 g/mol. The fraction of sp³-hybridized carbons (Fsp3) is 0.222. The van der Waals surface area contributed by atoms with Crippen molar-refractivity contribution in [2.24, 2.45) is 0 Å². The van der Waals surface area contributed by atoms with Crippen molar-refractivity contribution in [3.8, 4) is 0 Å². The number of halogens is 6. The molecule has 3 nitrogen and oxygen atoms in total. The number of nitrogen functional groups attached to an aromatic ring is 1. The molecule has 0 saturated carbocycles. The topological polar surface area (TPSA) is 55.1 Å². The van der Waals surface area contributed by atoms with Crippen LogP contribution in [-0.2, 0) is 4.79 Å². The molecule has 1 amide bonds. The third-order valence-electron chi connectivity index (χ3n) is 1.94. The highest BCUT2D eigenvalue weighted by molar-refractivity contribution is 5.98. The molecule has 0 aliphatic rings. The van der Waals surface area contributed by atoms with Gasteiger partial charge in [-0.05, 0) is 12.1 Å². The van der Waals surface area contributed by atoms with Gasteiger partial charge in [0.15, 0.2) is 11.6 Å². The lowest BCUT2D eigenvalue weighted by atomic mass is 10.2. The van der Waals surface area contributed by atoms with E-state index < -0.39 is 41.3 Å². The fourth-order valence-electron chi connectivity index (χ4n) is 0.989. The Morgan fingerprint density at radius 2 is 1.83 bits per heavy atom. The largest absolute Gasteiger partial charge is 0.397 e. The first kappa shape index (κ1) is 14.1. The molecule has 0 atom stereocenters. The number of benzene rings is 1. The van der Waals surface area contributed by atoms with Crippen LogP contribution in [-0.4, -0.2) is 18.3 Å². The standard InChI is InChI=1S/C9H6F6N2O/c10-3-1-2-4(16)6(5(3)11)17-8(18)9(14,15)7(12)13/h1-2,7H,16H2,(H,17,18). The summed E-state index contributed by atoms with van der Waals surface area (Å²) in [6.07, 6.45) is -4.28. The van der Waals surface area contributed by atoms with Crippen molar-refractivity contribution in [3.05, 3.63) is 23.8 Å². The molecule has 0 saturated heterocycles. The molecule has 0 bridgehead atoms. The lowest BCUT2D eigenvalue weighted by molar-refractivity contribution is -0.163. The second-order valence-electron chi connectivity index (χ2n) is 3.20. The van der Waals surface area contributed by atoms with Gasteiger partial charge in [-0.1, -0.05) is 0 Å². The number of carbonyl (C=O) groups excluding carboxylic acids is 1. The molecule has 0 aromatic heterocycles. The Morgan fingerprint density at radius 1 is 1.28 bits per heavy atom. The first-order valence-electron chi connectivity index (χ1n) is 4.38. The number of nitrogens with two attached hydrogens (primary N) is 1. The SMILES string of the molecule is Nc1ccc(F)c(F)c1NC(=O)C(F)(F)C(F)F. The number of carbonyl (C=O) groups is 1. The van der Waals surface area contributed by atoms with Crippen LogP contribution in [0.2, 0.25) is 0 Å². The van der Waals surface area contributed by atoms with E-state index in [-0.39, 0.29) is 0 Å². The summed E-state index contributed by atoms with van der Waals surface area (Å²) in [6, 6.07) is 1.38. The van der Waals surface area contributed by atoms with Crippen molar-refractivity contribution in [2.45, 2.75) is 12.3 Å². The van der Waals surface area contributed by atoms with Crippen LogP contribution in [0.25, 0.3) is 0 Å². The summed E-state index contributed by atoms with van der Waals surface area (Å²) in [5.41, 5.74) is 3.42. The summed E-state index contributed by atoms with van der Waals surface area (Å²) in [5, 5.41) is 1.13. The minimum Gasteiger partial charge on any atom is -0.397 e. The van der Waals surface area contributed by atoms with Gasteiger partial charge in [0.2, 0.25) is 0 Å². The van der Waals surface area contributed by atoms with Gasteiger partial charge in [0.25, 0.3) is 0 Å². The molecule has 1 rings (SSSR count). The van der Waals surface area contributed by atoms with E-state index in [0.717, 1.165) is 11.4 Å². The predicted molar refractivity (Wildman–Crippen MR) is 50.4 cm³/mol. The molecule has 0 radical (unpaired) electrons. The van der Waals surface area contributed by atoms with Gasteiger partial charge in [0, 0.05) is 0 Å². The van der Waals surface area contributed by atoms with E-state index in [9.17, 15) is 31.1 Å². The van der Waals surface area contributed by atoms with Crippen molar-refractivity contribution in [1.29, 1.82) is 0 Å².